The lowest BCUT2D eigenvalue weighted by molar-refractivity contribution is -0.0749. The zero-order chi connectivity index (χ0) is 15.5. The molecule has 0 bridgehead atoms. The fourth-order valence-electron chi connectivity index (χ4n) is 4.84. The summed E-state index contributed by atoms with van der Waals surface area (Å²) in [5, 5.41) is 21.0. The van der Waals surface area contributed by atoms with Gasteiger partial charge in [-0.1, -0.05) is 25.1 Å². The van der Waals surface area contributed by atoms with Crippen LogP contribution in [0.15, 0.2) is 18.2 Å². The van der Waals surface area contributed by atoms with E-state index in [0.29, 0.717) is 5.92 Å². The zero-order valence-corrected chi connectivity index (χ0v) is 13.7. The van der Waals surface area contributed by atoms with Gasteiger partial charge in [0.25, 0.3) is 0 Å². The first kappa shape index (κ1) is 15.1. The highest BCUT2D eigenvalue weighted by atomic mass is 16.3. The topological polar surface area (TPSA) is 40.5 Å². The molecule has 1 saturated carbocycles. The van der Waals surface area contributed by atoms with Crippen LogP contribution in [0, 0.1) is 5.92 Å². The average molecular weight is 288 g/mol. The van der Waals surface area contributed by atoms with Gasteiger partial charge in [0, 0.05) is 0 Å². The fourth-order valence-corrected chi connectivity index (χ4v) is 4.84. The van der Waals surface area contributed by atoms with Gasteiger partial charge >= 0.3 is 0 Å². The van der Waals surface area contributed by atoms with Gasteiger partial charge < -0.3 is 10.2 Å². The van der Waals surface area contributed by atoms with Crippen molar-refractivity contribution in [1.29, 1.82) is 0 Å². The van der Waals surface area contributed by atoms with Crippen LogP contribution in [0.3, 0.4) is 0 Å². The highest BCUT2D eigenvalue weighted by molar-refractivity contribution is 5.42. The predicted octanol–water partition coefficient (Wildman–Crippen LogP) is 3.67. The molecule has 2 aliphatic rings. The van der Waals surface area contributed by atoms with E-state index in [1.807, 2.05) is 20.8 Å². The van der Waals surface area contributed by atoms with Crippen molar-refractivity contribution in [2.24, 2.45) is 5.92 Å². The quantitative estimate of drug-likeness (QED) is 0.828. The van der Waals surface area contributed by atoms with Crippen LogP contribution in [0.1, 0.15) is 70.1 Å². The lowest BCUT2D eigenvalue weighted by Crippen LogP contribution is -2.52. The Labute approximate surface area is 128 Å². The van der Waals surface area contributed by atoms with Crippen LogP contribution in [0.4, 0.5) is 0 Å². The van der Waals surface area contributed by atoms with E-state index < -0.39 is 11.2 Å². The summed E-state index contributed by atoms with van der Waals surface area (Å²) >= 11 is 0. The van der Waals surface area contributed by atoms with Crippen LogP contribution in [-0.2, 0) is 17.4 Å². The molecule has 1 fully saturated rings. The maximum atomic E-state index is 10.8. The second-order valence-corrected chi connectivity index (χ2v) is 8.15. The molecule has 2 aliphatic carbocycles. The lowest BCUT2D eigenvalue weighted by Gasteiger charge is -2.53. The van der Waals surface area contributed by atoms with E-state index in [1.54, 1.807) is 0 Å². The van der Waals surface area contributed by atoms with E-state index in [0.717, 1.165) is 37.7 Å². The summed E-state index contributed by atoms with van der Waals surface area (Å²) in [6.45, 7) is 8.03. The number of fused-ring (bicyclic) bond motifs is 3. The molecule has 0 aromatic heterocycles. The molecule has 0 saturated heterocycles. The van der Waals surface area contributed by atoms with Crippen LogP contribution in [0.2, 0.25) is 0 Å². The Hall–Kier alpha value is -0.860. The van der Waals surface area contributed by atoms with Crippen molar-refractivity contribution in [2.75, 3.05) is 0 Å². The predicted molar refractivity (Wildman–Crippen MR) is 85.3 cm³/mol. The molecule has 0 spiro atoms. The summed E-state index contributed by atoms with van der Waals surface area (Å²) in [6.07, 6.45) is 5.22. The van der Waals surface area contributed by atoms with Crippen molar-refractivity contribution in [3.63, 3.8) is 0 Å². The summed E-state index contributed by atoms with van der Waals surface area (Å²) in [6, 6.07) is 6.45. The Morgan fingerprint density at radius 3 is 2.57 bits per heavy atom. The van der Waals surface area contributed by atoms with Crippen molar-refractivity contribution in [2.45, 2.75) is 76.4 Å². The van der Waals surface area contributed by atoms with Crippen LogP contribution in [-0.4, -0.2) is 15.8 Å². The molecule has 0 amide bonds. The van der Waals surface area contributed by atoms with Crippen LogP contribution >= 0.6 is 0 Å². The second kappa shape index (κ2) is 4.57. The van der Waals surface area contributed by atoms with Crippen molar-refractivity contribution in [3.8, 4) is 0 Å². The molecular weight excluding hydrogens is 260 g/mol. The van der Waals surface area contributed by atoms with E-state index in [1.165, 1.54) is 11.1 Å². The molecule has 3 atom stereocenters. The standard InChI is InChI=1S/C19H28O2/c1-17(2,20)14-7-8-15-13(12-14)6-9-16-18(15,3)10-5-11-19(16,4)21/h7-8,12,16,20-21H,5-6,9-11H2,1-4H3/t16-,18-,19-/m1/s1. The third-order valence-corrected chi connectivity index (χ3v) is 6.03. The van der Waals surface area contributed by atoms with Crippen LogP contribution < -0.4 is 0 Å². The van der Waals surface area contributed by atoms with E-state index in [4.69, 9.17) is 0 Å². The summed E-state index contributed by atoms with van der Waals surface area (Å²) in [5.74, 6) is 0.347. The molecule has 2 nitrogen and oxygen atoms in total. The van der Waals surface area contributed by atoms with E-state index in [-0.39, 0.29) is 5.41 Å². The first-order chi connectivity index (χ1) is 9.64. The summed E-state index contributed by atoms with van der Waals surface area (Å²) < 4.78 is 0. The second-order valence-electron chi connectivity index (χ2n) is 8.15. The van der Waals surface area contributed by atoms with Gasteiger partial charge in [-0.3, -0.25) is 0 Å². The Kier molecular flexibility index (Phi) is 3.27. The van der Waals surface area contributed by atoms with Gasteiger partial charge in [-0.2, -0.15) is 0 Å². The monoisotopic (exact) mass is 288 g/mol. The molecule has 0 radical (unpaired) electrons. The summed E-state index contributed by atoms with van der Waals surface area (Å²) in [5.41, 5.74) is 2.50. The number of rotatable bonds is 1. The van der Waals surface area contributed by atoms with Gasteiger partial charge in [0.15, 0.2) is 0 Å². The number of hydrogen-bond acceptors (Lipinski definition) is 2. The third kappa shape index (κ3) is 2.33. The molecule has 0 unspecified atom stereocenters. The molecule has 116 valence electrons. The van der Waals surface area contributed by atoms with E-state index in [2.05, 4.69) is 25.1 Å². The van der Waals surface area contributed by atoms with Gasteiger partial charge in [0.05, 0.1) is 11.2 Å². The van der Waals surface area contributed by atoms with Crippen LogP contribution in [0.25, 0.3) is 0 Å². The molecule has 3 rings (SSSR count). The molecule has 1 aromatic carbocycles. The maximum absolute atomic E-state index is 10.8. The molecule has 1 aromatic rings. The number of hydrogen-bond donors (Lipinski definition) is 2. The van der Waals surface area contributed by atoms with Gasteiger partial charge in [-0.15, -0.1) is 0 Å². The fraction of sp³-hybridized carbons (Fsp3) is 0.684. The maximum Gasteiger partial charge on any atom is 0.0840 e. The zero-order valence-electron chi connectivity index (χ0n) is 13.7. The average Bonchev–Trinajstić information content (AvgIpc) is 2.36. The minimum Gasteiger partial charge on any atom is -0.390 e. The lowest BCUT2D eigenvalue weighted by atomic mass is 9.53. The van der Waals surface area contributed by atoms with Gasteiger partial charge in [0.1, 0.15) is 0 Å². The van der Waals surface area contributed by atoms with E-state index in [9.17, 15) is 10.2 Å². The minimum absolute atomic E-state index is 0.0768. The number of aliphatic hydroxyl groups is 2. The van der Waals surface area contributed by atoms with E-state index >= 15 is 0 Å². The Morgan fingerprint density at radius 1 is 1.19 bits per heavy atom. The Morgan fingerprint density at radius 2 is 1.90 bits per heavy atom. The molecule has 2 N–H and O–H groups in total. The van der Waals surface area contributed by atoms with Crippen molar-refractivity contribution < 1.29 is 10.2 Å². The molecule has 0 aliphatic heterocycles. The number of aryl methyl sites for hydroxylation is 1. The molecule has 2 heteroatoms. The highest BCUT2D eigenvalue weighted by Gasteiger charge is 2.51. The Bertz CT molecular complexity index is 553. The highest BCUT2D eigenvalue weighted by Crippen LogP contribution is 2.53. The van der Waals surface area contributed by atoms with Crippen LogP contribution in [0.5, 0.6) is 0 Å². The largest absolute Gasteiger partial charge is 0.390 e. The van der Waals surface area contributed by atoms with Gasteiger partial charge in [0.2, 0.25) is 0 Å². The third-order valence-electron chi connectivity index (χ3n) is 6.03. The number of benzene rings is 1. The SMILES string of the molecule is CC(C)(O)c1ccc2c(c1)CC[C@H]1[C@](C)(O)CCC[C@]21C. The van der Waals surface area contributed by atoms with Crippen molar-refractivity contribution in [1.82, 2.24) is 0 Å². The summed E-state index contributed by atoms with van der Waals surface area (Å²) in [7, 11) is 0. The minimum atomic E-state index is -0.787. The Balaban J connectivity index is 2.07. The summed E-state index contributed by atoms with van der Waals surface area (Å²) in [4.78, 5) is 0. The first-order valence-corrected chi connectivity index (χ1v) is 8.23. The van der Waals surface area contributed by atoms with Gasteiger partial charge in [-0.05, 0) is 80.9 Å². The molecular formula is C19H28O2. The first-order valence-electron chi connectivity index (χ1n) is 8.23. The molecule has 21 heavy (non-hydrogen) atoms. The van der Waals surface area contributed by atoms with Crippen molar-refractivity contribution in [3.05, 3.63) is 34.9 Å². The van der Waals surface area contributed by atoms with Crippen molar-refractivity contribution >= 4 is 0 Å². The smallest absolute Gasteiger partial charge is 0.0840 e. The normalized spacial score (nSPS) is 36.0. The molecule has 0 heterocycles. The van der Waals surface area contributed by atoms with Gasteiger partial charge in [-0.25, -0.2) is 0 Å².